The molecule has 0 unspecified atom stereocenters. The maximum atomic E-state index is 3.79. The van der Waals surface area contributed by atoms with Crippen molar-refractivity contribution in [3.63, 3.8) is 0 Å². The van der Waals surface area contributed by atoms with Crippen molar-refractivity contribution in [2.45, 2.75) is 58.3 Å². The van der Waals surface area contributed by atoms with E-state index in [2.05, 4.69) is 25.0 Å². The van der Waals surface area contributed by atoms with Gasteiger partial charge in [-0.15, -0.1) is 13.2 Å². The van der Waals surface area contributed by atoms with Crippen molar-refractivity contribution in [1.29, 1.82) is 0 Å². The van der Waals surface area contributed by atoms with Crippen LogP contribution in [0.3, 0.4) is 0 Å². The monoisotopic (exact) mass is 237 g/mol. The Morgan fingerprint density at radius 3 is 1.71 bits per heavy atom. The second-order valence-electron chi connectivity index (χ2n) is 4.81. The van der Waals surface area contributed by atoms with Crippen molar-refractivity contribution >= 4 is 0 Å². The van der Waals surface area contributed by atoms with Crippen LogP contribution in [0.25, 0.3) is 0 Å². The van der Waals surface area contributed by atoms with Crippen molar-refractivity contribution in [2.24, 2.45) is 0 Å². The minimum atomic E-state index is 0.989. The van der Waals surface area contributed by atoms with Crippen LogP contribution in [0.15, 0.2) is 25.3 Å². The zero-order chi connectivity index (χ0) is 12.8. The third-order valence-electron chi connectivity index (χ3n) is 3.10. The summed E-state index contributed by atoms with van der Waals surface area (Å²) in [6.07, 6.45) is 15.1. The highest BCUT2D eigenvalue weighted by molar-refractivity contribution is 4.79. The first kappa shape index (κ1) is 16.4. The molecule has 0 N–H and O–H groups in total. The molecule has 0 amide bonds. The molecule has 0 aromatic carbocycles. The van der Waals surface area contributed by atoms with Crippen LogP contribution >= 0.6 is 0 Å². The van der Waals surface area contributed by atoms with E-state index < -0.39 is 0 Å². The van der Waals surface area contributed by atoms with E-state index in [1.807, 2.05) is 12.2 Å². The standard InChI is InChI=1S/C16H31N/c1-4-7-8-9-10-11-12-13-16-17(14-5-2)15-6-3/h5-6H,2-4,7-16H2,1H3. The highest BCUT2D eigenvalue weighted by Crippen LogP contribution is 2.08. The van der Waals surface area contributed by atoms with Gasteiger partial charge in [-0.2, -0.15) is 0 Å². The number of hydrogen-bond donors (Lipinski definition) is 0. The molecule has 17 heavy (non-hydrogen) atoms. The Hall–Kier alpha value is -0.560. The molecule has 0 aromatic rings. The van der Waals surface area contributed by atoms with E-state index in [1.54, 1.807) is 0 Å². The van der Waals surface area contributed by atoms with Crippen LogP contribution in [0, 0.1) is 0 Å². The third kappa shape index (κ3) is 11.7. The first-order valence-electron chi connectivity index (χ1n) is 7.29. The Labute approximate surface area is 109 Å². The van der Waals surface area contributed by atoms with E-state index in [4.69, 9.17) is 0 Å². The summed E-state index contributed by atoms with van der Waals surface area (Å²) >= 11 is 0. The van der Waals surface area contributed by atoms with Gasteiger partial charge >= 0.3 is 0 Å². The largest absolute Gasteiger partial charge is 0.296 e. The van der Waals surface area contributed by atoms with Gasteiger partial charge in [-0.05, 0) is 13.0 Å². The minimum absolute atomic E-state index is 0.989. The van der Waals surface area contributed by atoms with E-state index in [1.165, 1.54) is 57.9 Å². The second kappa shape index (κ2) is 13.5. The molecule has 0 atom stereocenters. The lowest BCUT2D eigenvalue weighted by molar-refractivity contribution is 0.324. The molecule has 0 aliphatic rings. The van der Waals surface area contributed by atoms with Gasteiger partial charge in [0.15, 0.2) is 0 Å². The highest BCUT2D eigenvalue weighted by atomic mass is 15.1. The summed E-state index contributed by atoms with van der Waals surface area (Å²) in [5, 5.41) is 0. The van der Waals surface area contributed by atoms with Crippen molar-refractivity contribution in [1.82, 2.24) is 4.90 Å². The lowest BCUT2D eigenvalue weighted by atomic mass is 10.1. The predicted octanol–water partition coefficient (Wildman–Crippen LogP) is 4.80. The fraction of sp³-hybridized carbons (Fsp3) is 0.750. The molecule has 0 heterocycles. The first-order valence-corrected chi connectivity index (χ1v) is 7.29. The van der Waals surface area contributed by atoms with Gasteiger partial charge in [0.1, 0.15) is 0 Å². The molecular formula is C16H31N. The Balaban J connectivity index is 3.29. The predicted molar refractivity (Wildman–Crippen MR) is 79.4 cm³/mol. The maximum absolute atomic E-state index is 3.79. The summed E-state index contributed by atoms with van der Waals surface area (Å²) in [7, 11) is 0. The maximum Gasteiger partial charge on any atom is 0.0163 e. The molecule has 0 aliphatic carbocycles. The van der Waals surface area contributed by atoms with Gasteiger partial charge in [0, 0.05) is 13.1 Å². The molecule has 0 spiro atoms. The van der Waals surface area contributed by atoms with E-state index in [0.29, 0.717) is 0 Å². The van der Waals surface area contributed by atoms with E-state index in [9.17, 15) is 0 Å². The second-order valence-corrected chi connectivity index (χ2v) is 4.81. The topological polar surface area (TPSA) is 3.24 Å². The molecule has 0 radical (unpaired) electrons. The number of hydrogen-bond acceptors (Lipinski definition) is 1. The quantitative estimate of drug-likeness (QED) is 0.328. The van der Waals surface area contributed by atoms with Crippen LogP contribution in [-0.4, -0.2) is 24.5 Å². The lowest BCUT2D eigenvalue weighted by Crippen LogP contribution is -2.24. The lowest BCUT2D eigenvalue weighted by Gasteiger charge is -2.18. The van der Waals surface area contributed by atoms with Gasteiger partial charge in [0.25, 0.3) is 0 Å². The van der Waals surface area contributed by atoms with Crippen molar-refractivity contribution in [3.8, 4) is 0 Å². The molecule has 0 saturated heterocycles. The van der Waals surface area contributed by atoms with E-state index >= 15 is 0 Å². The fourth-order valence-electron chi connectivity index (χ4n) is 2.09. The van der Waals surface area contributed by atoms with Gasteiger partial charge in [0.05, 0.1) is 0 Å². The average molecular weight is 237 g/mol. The molecule has 0 fully saturated rings. The number of rotatable bonds is 13. The molecule has 100 valence electrons. The van der Waals surface area contributed by atoms with Crippen LogP contribution in [0.2, 0.25) is 0 Å². The Bertz CT molecular complexity index is 164. The van der Waals surface area contributed by atoms with Crippen LogP contribution in [0.4, 0.5) is 0 Å². The van der Waals surface area contributed by atoms with Gasteiger partial charge in [0.2, 0.25) is 0 Å². The molecule has 0 aromatic heterocycles. The van der Waals surface area contributed by atoms with Gasteiger partial charge in [-0.1, -0.05) is 64.0 Å². The van der Waals surface area contributed by atoms with Crippen LogP contribution in [-0.2, 0) is 0 Å². The molecule has 1 heteroatoms. The summed E-state index contributed by atoms with van der Waals surface area (Å²) in [6, 6.07) is 0. The van der Waals surface area contributed by atoms with Crippen LogP contribution in [0.5, 0.6) is 0 Å². The normalized spacial score (nSPS) is 10.7. The van der Waals surface area contributed by atoms with Crippen LogP contribution in [0.1, 0.15) is 58.3 Å². The molecule has 0 aliphatic heterocycles. The SMILES string of the molecule is C=CCN(CC=C)CCCCCCCCCC. The van der Waals surface area contributed by atoms with E-state index in [0.717, 1.165) is 13.1 Å². The zero-order valence-electron chi connectivity index (χ0n) is 11.8. The number of nitrogens with zero attached hydrogens (tertiary/aromatic N) is 1. The first-order chi connectivity index (χ1) is 8.35. The van der Waals surface area contributed by atoms with Gasteiger partial charge < -0.3 is 0 Å². The van der Waals surface area contributed by atoms with E-state index in [-0.39, 0.29) is 0 Å². The average Bonchev–Trinajstić information content (AvgIpc) is 2.33. The summed E-state index contributed by atoms with van der Waals surface area (Å²) in [6.45, 7) is 13.0. The summed E-state index contributed by atoms with van der Waals surface area (Å²) in [4.78, 5) is 2.40. The summed E-state index contributed by atoms with van der Waals surface area (Å²) in [5.74, 6) is 0. The van der Waals surface area contributed by atoms with Crippen LogP contribution < -0.4 is 0 Å². The molecule has 1 nitrogen and oxygen atoms in total. The molecular weight excluding hydrogens is 206 g/mol. The number of unbranched alkanes of at least 4 members (excludes halogenated alkanes) is 7. The van der Waals surface area contributed by atoms with Crippen molar-refractivity contribution in [2.75, 3.05) is 19.6 Å². The molecule has 0 bridgehead atoms. The Morgan fingerprint density at radius 1 is 0.765 bits per heavy atom. The summed E-state index contributed by atoms with van der Waals surface area (Å²) < 4.78 is 0. The Morgan fingerprint density at radius 2 is 1.24 bits per heavy atom. The van der Waals surface area contributed by atoms with Crippen molar-refractivity contribution in [3.05, 3.63) is 25.3 Å². The molecule has 0 rings (SSSR count). The Kier molecular flexibility index (Phi) is 13.1. The smallest absolute Gasteiger partial charge is 0.0163 e. The van der Waals surface area contributed by atoms with Gasteiger partial charge in [-0.3, -0.25) is 4.90 Å². The fourth-order valence-corrected chi connectivity index (χ4v) is 2.09. The minimum Gasteiger partial charge on any atom is -0.296 e. The third-order valence-corrected chi connectivity index (χ3v) is 3.10. The molecule has 0 saturated carbocycles. The van der Waals surface area contributed by atoms with Gasteiger partial charge in [-0.25, -0.2) is 0 Å². The zero-order valence-corrected chi connectivity index (χ0v) is 11.8. The summed E-state index contributed by atoms with van der Waals surface area (Å²) in [5.41, 5.74) is 0. The van der Waals surface area contributed by atoms with Crippen molar-refractivity contribution < 1.29 is 0 Å². The highest BCUT2D eigenvalue weighted by Gasteiger charge is 1.99.